The van der Waals surface area contributed by atoms with Crippen molar-refractivity contribution < 1.29 is 14.3 Å². The minimum absolute atomic E-state index is 0.0832. The molecule has 96 valence electrons. The fourth-order valence-corrected chi connectivity index (χ4v) is 1.47. The lowest BCUT2D eigenvalue weighted by Crippen LogP contribution is -2.33. The summed E-state index contributed by atoms with van der Waals surface area (Å²) in [6.45, 7) is 13.9. The first kappa shape index (κ1) is 15.3. The minimum Gasteiger partial charge on any atom is -0.430 e. The Kier molecular flexibility index (Phi) is 5.84. The molecule has 0 aromatic heterocycles. The van der Waals surface area contributed by atoms with Gasteiger partial charge in [-0.05, 0) is 32.1 Å². The Morgan fingerprint density at radius 3 is 1.88 bits per heavy atom. The third-order valence-corrected chi connectivity index (χ3v) is 2.76. The molecule has 0 bridgehead atoms. The van der Waals surface area contributed by atoms with Crippen molar-refractivity contribution in [1.82, 2.24) is 0 Å². The Labute approximate surface area is 99.5 Å². The molecule has 0 saturated heterocycles. The number of rotatable bonds is 5. The second kappa shape index (κ2) is 6.12. The topological polar surface area (TPSA) is 35.5 Å². The van der Waals surface area contributed by atoms with Crippen LogP contribution in [0.3, 0.4) is 0 Å². The molecule has 0 rings (SSSR count). The fraction of sp³-hybridized carbons (Fsp3) is 0.923. The predicted molar refractivity (Wildman–Crippen MR) is 65.4 cm³/mol. The van der Waals surface area contributed by atoms with E-state index in [4.69, 9.17) is 9.47 Å². The van der Waals surface area contributed by atoms with Crippen molar-refractivity contribution in [2.75, 3.05) is 0 Å². The van der Waals surface area contributed by atoms with Crippen LogP contribution in [-0.4, -0.2) is 17.9 Å². The molecule has 0 radical (unpaired) electrons. The molecule has 0 saturated carbocycles. The van der Waals surface area contributed by atoms with Crippen LogP contribution in [0.2, 0.25) is 0 Å². The summed E-state index contributed by atoms with van der Waals surface area (Å²) >= 11 is 0. The van der Waals surface area contributed by atoms with Gasteiger partial charge in [0.25, 0.3) is 0 Å². The van der Waals surface area contributed by atoms with Gasteiger partial charge in [-0.2, -0.15) is 0 Å². The van der Waals surface area contributed by atoms with Crippen molar-refractivity contribution in [1.29, 1.82) is 0 Å². The summed E-state index contributed by atoms with van der Waals surface area (Å²) in [5.41, 5.74) is -0.449. The van der Waals surface area contributed by atoms with Gasteiger partial charge in [-0.25, -0.2) is 4.79 Å². The number of carbonyl (C=O) groups excluding carboxylic acids is 1. The Balaban J connectivity index is 4.32. The molecular weight excluding hydrogens is 204 g/mol. The zero-order valence-electron chi connectivity index (χ0n) is 11.7. The third kappa shape index (κ3) is 5.38. The molecule has 0 heterocycles. The van der Waals surface area contributed by atoms with E-state index < -0.39 is 11.8 Å². The lowest BCUT2D eigenvalue weighted by molar-refractivity contribution is -0.0545. The van der Waals surface area contributed by atoms with Crippen LogP contribution in [0, 0.1) is 11.8 Å². The highest BCUT2D eigenvalue weighted by Crippen LogP contribution is 2.20. The summed E-state index contributed by atoms with van der Waals surface area (Å²) in [7, 11) is 0. The standard InChI is InChI=1S/C13H26O3/c1-8-13(6,7)16-12(14)15-11(9(2)3)10(4)5/h9-11H,8H2,1-7H3. The van der Waals surface area contributed by atoms with E-state index in [1.54, 1.807) is 0 Å². The van der Waals surface area contributed by atoms with Gasteiger partial charge in [0.1, 0.15) is 11.7 Å². The van der Waals surface area contributed by atoms with Crippen molar-refractivity contribution in [2.24, 2.45) is 11.8 Å². The quantitative estimate of drug-likeness (QED) is 0.669. The van der Waals surface area contributed by atoms with Crippen LogP contribution in [0.1, 0.15) is 54.9 Å². The molecule has 0 N–H and O–H groups in total. The van der Waals surface area contributed by atoms with Crippen LogP contribution in [0.5, 0.6) is 0 Å². The zero-order chi connectivity index (χ0) is 12.9. The van der Waals surface area contributed by atoms with E-state index in [0.717, 1.165) is 6.42 Å². The monoisotopic (exact) mass is 230 g/mol. The van der Waals surface area contributed by atoms with E-state index in [-0.39, 0.29) is 6.10 Å². The van der Waals surface area contributed by atoms with Gasteiger partial charge in [-0.1, -0.05) is 34.6 Å². The lowest BCUT2D eigenvalue weighted by Gasteiger charge is -2.28. The fourth-order valence-electron chi connectivity index (χ4n) is 1.47. The van der Waals surface area contributed by atoms with Gasteiger partial charge in [0, 0.05) is 0 Å². The second-order valence-electron chi connectivity index (χ2n) is 5.54. The van der Waals surface area contributed by atoms with Crippen molar-refractivity contribution in [2.45, 2.75) is 66.6 Å². The third-order valence-electron chi connectivity index (χ3n) is 2.76. The molecule has 3 nitrogen and oxygen atoms in total. The van der Waals surface area contributed by atoms with Crippen molar-refractivity contribution in [3.05, 3.63) is 0 Å². The molecule has 0 aromatic rings. The molecule has 0 aliphatic heterocycles. The molecule has 0 aromatic carbocycles. The van der Waals surface area contributed by atoms with E-state index >= 15 is 0 Å². The Morgan fingerprint density at radius 1 is 1.12 bits per heavy atom. The molecule has 0 aliphatic rings. The first-order chi connectivity index (χ1) is 7.19. The molecule has 0 unspecified atom stereocenters. The number of ether oxygens (including phenoxy) is 2. The van der Waals surface area contributed by atoms with E-state index in [1.807, 2.05) is 48.5 Å². The first-order valence-corrected chi connectivity index (χ1v) is 6.09. The molecule has 0 aliphatic carbocycles. The number of hydrogen-bond acceptors (Lipinski definition) is 3. The van der Waals surface area contributed by atoms with Gasteiger partial charge in [-0.15, -0.1) is 0 Å². The summed E-state index contributed by atoms with van der Waals surface area (Å²) in [5.74, 6) is 0.606. The highest BCUT2D eigenvalue weighted by Gasteiger charge is 2.26. The van der Waals surface area contributed by atoms with E-state index in [2.05, 4.69) is 0 Å². The van der Waals surface area contributed by atoms with Gasteiger partial charge >= 0.3 is 6.16 Å². The summed E-state index contributed by atoms with van der Waals surface area (Å²) in [6, 6.07) is 0. The molecule has 3 heteroatoms. The summed E-state index contributed by atoms with van der Waals surface area (Å²) in [5, 5.41) is 0. The molecule has 0 fully saturated rings. The van der Waals surface area contributed by atoms with Gasteiger partial charge < -0.3 is 9.47 Å². The summed E-state index contributed by atoms with van der Waals surface area (Å²) < 4.78 is 10.6. The van der Waals surface area contributed by atoms with Crippen molar-refractivity contribution >= 4 is 6.16 Å². The Bertz CT molecular complexity index is 211. The highest BCUT2D eigenvalue weighted by molar-refractivity contribution is 5.60. The van der Waals surface area contributed by atoms with Crippen molar-refractivity contribution in [3.63, 3.8) is 0 Å². The second-order valence-corrected chi connectivity index (χ2v) is 5.54. The maximum atomic E-state index is 11.6. The lowest BCUT2D eigenvalue weighted by atomic mass is 9.96. The Morgan fingerprint density at radius 2 is 1.56 bits per heavy atom. The van der Waals surface area contributed by atoms with Crippen molar-refractivity contribution in [3.8, 4) is 0 Å². The summed E-state index contributed by atoms with van der Waals surface area (Å²) in [6.07, 6.45) is 0.134. The van der Waals surface area contributed by atoms with E-state index in [9.17, 15) is 4.79 Å². The SMILES string of the molecule is CCC(C)(C)OC(=O)OC(C(C)C)C(C)C. The van der Waals surface area contributed by atoms with Crippen LogP contribution in [0.25, 0.3) is 0 Å². The normalized spacial score (nSPS) is 12.4. The predicted octanol–water partition coefficient (Wildman–Crippen LogP) is 4.01. The average Bonchev–Trinajstić information content (AvgIpc) is 2.12. The molecule has 0 amide bonds. The molecule has 0 atom stereocenters. The zero-order valence-corrected chi connectivity index (χ0v) is 11.7. The smallest absolute Gasteiger partial charge is 0.430 e. The first-order valence-electron chi connectivity index (χ1n) is 6.09. The van der Waals surface area contributed by atoms with Gasteiger partial charge in [0.15, 0.2) is 0 Å². The summed E-state index contributed by atoms with van der Waals surface area (Å²) in [4.78, 5) is 11.6. The number of carbonyl (C=O) groups is 1. The largest absolute Gasteiger partial charge is 0.509 e. The maximum Gasteiger partial charge on any atom is 0.509 e. The minimum atomic E-state index is -0.556. The maximum absolute atomic E-state index is 11.6. The van der Waals surface area contributed by atoms with Crippen LogP contribution >= 0.6 is 0 Å². The van der Waals surface area contributed by atoms with E-state index in [0.29, 0.717) is 11.8 Å². The van der Waals surface area contributed by atoms with Crippen LogP contribution in [0.4, 0.5) is 4.79 Å². The molecule has 0 spiro atoms. The van der Waals surface area contributed by atoms with Crippen LogP contribution in [0.15, 0.2) is 0 Å². The van der Waals surface area contributed by atoms with E-state index in [1.165, 1.54) is 0 Å². The van der Waals surface area contributed by atoms with Gasteiger partial charge in [0.2, 0.25) is 0 Å². The average molecular weight is 230 g/mol. The van der Waals surface area contributed by atoms with Crippen LogP contribution < -0.4 is 0 Å². The van der Waals surface area contributed by atoms with Gasteiger partial charge in [-0.3, -0.25) is 0 Å². The molecule has 16 heavy (non-hydrogen) atoms. The van der Waals surface area contributed by atoms with Gasteiger partial charge in [0.05, 0.1) is 0 Å². The highest BCUT2D eigenvalue weighted by atomic mass is 16.7. The van der Waals surface area contributed by atoms with Crippen LogP contribution in [-0.2, 0) is 9.47 Å². The molecular formula is C13H26O3. The number of hydrogen-bond donors (Lipinski definition) is 0. The Hall–Kier alpha value is -0.730.